The smallest absolute Gasteiger partial charge is 0.197 e. The molecule has 0 aliphatic carbocycles. The second kappa shape index (κ2) is 7.53. The van der Waals surface area contributed by atoms with Gasteiger partial charge in [0.2, 0.25) is 0 Å². The molecule has 1 aromatic heterocycles. The van der Waals surface area contributed by atoms with Crippen molar-refractivity contribution in [3.05, 3.63) is 54.4 Å². The van der Waals surface area contributed by atoms with E-state index in [2.05, 4.69) is 6.92 Å². The van der Waals surface area contributed by atoms with Gasteiger partial charge in [0.25, 0.3) is 0 Å². The van der Waals surface area contributed by atoms with Crippen molar-refractivity contribution >= 4 is 61.9 Å². The highest BCUT2D eigenvalue weighted by Crippen LogP contribution is 2.34. The molecule has 0 radical (unpaired) electrons. The predicted octanol–water partition coefficient (Wildman–Crippen LogP) is 5.63. The lowest BCUT2D eigenvalue weighted by Gasteiger charge is -2.06. The van der Waals surface area contributed by atoms with Crippen LogP contribution in [-0.4, -0.2) is 16.0 Å². The molecule has 2 N–H and O–H groups in total. The average Bonchev–Trinajstić information content (AvgIpc) is 2.93. The van der Waals surface area contributed by atoms with Gasteiger partial charge in [0.15, 0.2) is 5.78 Å². The summed E-state index contributed by atoms with van der Waals surface area (Å²) in [4.78, 5) is 13.2. The summed E-state index contributed by atoms with van der Waals surface area (Å²) in [6, 6.07) is 8.17. The van der Waals surface area contributed by atoms with Gasteiger partial charge in [0.1, 0.15) is 22.8 Å². The van der Waals surface area contributed by atoms with E-state index in [0.29, 0.717) is 41.4 Å². The van der Waals surface area contributed by atoms with Crippen LogP contribution in [0, 0.1) is 7.14 Å². The van der Waals surface area contributed by atoms with Gasteiger partial charge in [0, 0.05) is 23.4 Å². The van der Waals surface area contributed by atoms with Crippen LogP contribution in [0.3, 0.4) is 0 Å². The molecule has 0 aliphatic heterocycles. The SMILES string of the molecule is CCCCc1oc2cc(O)ccc2c1C(=O)c1cc(I)c(O)c(I)c1. The van der Waals surface area contributed by atoms with E-state index in [1.807, 2.05) is 45.2 Å². The summed E-state index contributed by atoms with van der Waals surface area (Å²) in [6.07, 6.45) is 2.57. The van der Waals surface area contributed by atoms with Crippen LogP contribution in [0.5, 0.6) is 11.5 Å². The van der Waals surface area contributed by atoms with Crippen LogP contribution in [0.4, 0.5) is 0 Å². The topological polar surface area (TPSA) is 70.7 Å². The van der Waals surface area contributed by atoms with Gasteiger partial charge in [-0.1, -0.05) is 13.3 Å². The summed E-state index contributed by atoms with van der Waals surface area (Å²) in [5.41, 5.74) is 1.57. The number of phenols is 2. The van der Waals surface area contributed by atoms with Crippen LogP contribution in [0.2, 0.25) is 0 Å². The summed E-state index contributed by atoms with van der Waals surface area (Å²) in [5, 5.41) is 20.3. The predicted molar refractivity (Wildman–Crippen MR) is 113 cm³/mol. The first kappa shape index (κ1) is 18.5. The number of aromatic hydroxyl groups is 2. The first-order chi connectivity index (χ1) is 11.9. The van der Waals surface area contributed by atoms with Gasteiger partial charge in [-0.25, -0.2) is 0 Å². The minimum atomic E-state index is -0.133. The molecule has 0 fully saturated rings. The molecule has 0 saturated heterocycles. The van der Waals surface area contributed by atoms with Gasteiger partial charge in [0.05, 0.1) is 12.7 Å². The number of carbonyl (C=O) groups excluding carboxylic acids is 1. The number of hydrogen-bond donors (Lipinski definition) is 2. The molecular formula is C19H16I2O4. The highest BCUT2D eigenvalue weighted by molar-refractivity contribution is 14.1. The Hall–Kier alpha value is -1.29. The molecule has 0 saturated carbocycles. The Morgan fingerprint density at radius 1 is 1.12 bits per heavy atom. The van der Waals surface area contributed by atoms with E-state index in [4.69, 9.17) is 4.42 Å². The summed E-state index contributed by atoms with van der Waals surface area (Å²) in [6.45, 7) is 2.08. The first-order valence-electron chi connectivity index (χ1n) is 7.89. The average molecular weight is 562 g/mol. The third-order valence-corrected chi connectivity index (χ3v) is 5.65. The number of halogens is 2. The third-order valence-electron chi connectivity index (χ3n) is 4.01. The highest BCUT2D eigenvalue weighted by Gasteiger charge is 2.23. The summed E-state index contributed by atoms with van der Waals surface area (Å²) in [5.74, 6) is 0.805. The monoisotopic (exact) mass is 562 g/mol. The van der Waals surface area contributed by atoms with Gasteiger partial charge in [-0.2, -0.15) is 0 Å². The maximum Gasteiger partial charge on any atom is 0.197 e. The van der Waals surface area contributed by atoms with Crippen LogP contribution >= 0.6 is 45.2 Å². The van der Waals surface area contributed by atoms with Gasteiger partial charge in [-0.3, -0.25) is 4.79 Å². The zero-order valence-electron chi connectivity index (χ0n) is 13.5. The van der Waals surface area contributed by atoms with Crippen LogP contribution in [-0.2, 0) is 6.42 Å². The molecule has 6 heteroatoms. The molecule has 3 aromatic rings. The molecule has 1 heterocycles. The first-order valence-corrected chi connectivity index (χ1v) is 10.0. The second-order valence-corrected chi connectivity index (χ2v) is 8.13. The minimum absolute atomic E-state index is 0.107. The van der Waals surface area contributed by atoms with Gasteiger partial charge < -0.3 is 14.6 Å². The van der Waals surface area contributed by atoms with E-state index in [0.717, 1.165) is 12.8 Å². The van der Waals surface area contributed by atoms with Crippen molar-refractivity contribution in [3.63, 3.8) is 0 Å². The number of fused-ring (bicyclic) bond motifs is 1. The molecule has 25 heavy (non-hydrogen) atoms. The van der Waals surface area contributed by atoms with E-state index in [9.17, 15) is 15.0 Å². The molecule has 3 rings (SSSR count). The Bertz CT molecular complexity index is 936. The summed E-state index contributed by atoms with van der Waals surface area (Å²) < 4.78 is 7.14. The van der Waals surface area contributed by atoms with E-state index in [-0.39, 0.29) is 17.3 Å². The van der Waals surface area contributed by atoms with Crippen molar-refractivity contribution in [3.8, 4) is 11.5 Å². The number of furan rings is 1. The van der Waals surface area contributed by atoms with Crippen molar-refractivity contribution < 1.29 is 19.4 Å². The van der Waals surface area contributed by atoms with Crippen molar-refractivity contribution in [2.24, 2.45) is 0 Å². The lowest BCUT2D eigenvalue weighted by atomic mass is 9.98. The Balaban J connectivity index is 2.17. The number of carbonyl (C=O) groups is 1. The molecule has 130 valence electrons. The van der Waals surface area contributed by atoms with Crippen molar-refractivity contribution in [2.45, 2.75) is 26.2 Å². The molecule has 0 bridgehead atoms. The minimum Gasteiger partial charge on any atom is -0.508 e. The standard InChI is InChI=1S/C19H16I2O4/c1-2-3-4-15-17(12-6-5-11(22)9-16(12)25-15)18(23)10-7-13(20)19(24)14(21)8-10/h5-9,22,24H,2-4H2,1H3. The zero-order chi connectivity index (χ0) is 18.1. The van der Waals surface area contributed by atoms with E-state index < -0.39 is 0 Å². The van der Waals surface area contributed by atoms with Crippen LogP contribution in [0.1, 0.15) is 41.4 Å². The van der Waals surface area contributed by atoms with E-state index in [1.54, 1.807) is 24.3 Å². The number of benzene rings is 2. The number of ketones is 1. The molecule has 0 spiro atoms. The van der Waals surface area contributed by atoms with Crippen molar-refractivity contribution in [2.75, 3.05) is 0 Å². The normalized spacial score (nSPS) is 11.2. The number of unbranched alkanes of at least 4 members (excludes halogenated alkanes) is 1. The Kier molecular flexibility index (Phi) is 5.57. The lowest BCUT2D eigenvalue weighted by molar-refractivity contribution is 0.103. The van der Waals surface area contributed by atoms with E-state index >= 15 is 0 Å². The fourth-order valence-corrected chi connectivity index (χ4v) is 4.51. The molecule has 0 amide bonds. The maximum absolute atomic E-state index is 13.2. The zero-order valence-corrected chi connectivity index (χ0v) is 17.8. The quantitative estimate of drug-likeness (QED) is 0.313. The van der Waals surface area contributed by atoms with Gasteiger partial charge >= 0.3 is 0 Å². The number of aryl methyl sites for hydroxylation is 1. The molecule has 2 aromatic carbocycles. The lowest BCUT2D eigenvalue weighted by Crippen LogP contribution is -2.05. The molecule has 0 aliphatic rings. The number of rotatable bonds is 5. The fourth-order valence-electron chi connectivity index (χ4n) is 2.74. The highest BCUT2D eigenvalue weighted by atomic mass is 127. The van der Waals surface area contributed by atoms with Crippen molar-refractivity contribution in [1.82, 2.24) is 0 Å². The molecular weight excluding hydrogens is 546 g/mol. The van der Waals surface area contributed by atoms with Gasteiger partial charge in [-0.15, -0.1) is 0 Å². The molecule has 4 nitrogen and oxygen atoms in total. The number of phenolic OH excluding ortho intramolecular Hbond substituents is 2. The summed E-state index contributed by atoms with van der Waals surface area (Å²) >= 11 is 4.03. The van der Waals surface area contributed by atoms with E-state index in [1.165, 1.54) is 6.07 Å². The fraction of sp³-hybridized carbons (Fsp3) is 0.211. The third kappa shape index (κ3) is 3.64. The van der Waals surface area contributed by atoms with Gasteiger partial charge in [-0.05, 0) is 75.9 Å². The Labute approximate surface area is 172 Å². The van der Waals surface area contributed by atoms with Crippen LogP contribution < -0.4 is 0 Å². The Morgan fingerprint density at radius 2 is 1.80 bits per heavy atom. The molecule has 0 atom stereocenters. The largest absolute Gasteiger partial charge is 0.508 e. The van der Waals surface area contributed by atoms with Crippen molar-refractivity contribution in [1.29, 1.82) is 0 Å². The Morgan fingerprint density at radius 3 is 2.44 bits per heavy atom. The maximum atomic E-state index is 13.2. The summed E-state index contributed by atoms with van der Waals surface area (Å²) in [7, 11) is 0. The second-order valence-electron chi connectivity index (χ2n) is 5.80. The van der Waals surface area contributed by atoms with Crippen LogP contribution in [0.15, 0.2) is 34.7 Å². The van der Waals surface area contributed by atoms with Crippen LogP contribution in [0.25, 0.3) is 11.0 Å². The number of hydrogen-bond acceptors (Lipinski definition) is 4. The molecule has 0 unspecified atom stereocenters.